The zero-order chi connectivity index (χ0) is 23.9. The Labute approximate surface area is 200 Å². The minimum atomic E-state index is 0.474. The molecule has 8 heteroatoms. The smallest absolute Gasteiger partial charge is 0.226 e. The van der Waals surface area contributed by atoms with Crippen LogP contribution in [0.1, 0.15) is 0 Å². The van der Waals surface area contributed by atoms with Crippen LogP contribution in [0.15, 0.2) is 84.2 Å². The fourth-order valence-electron chi connectivity index (χ4n) is 4.45. The Morgan fingerprint density at radius 1 is 0.886 bits per heavy atom. The van der Waals surface area contributed by atoms with E-state index in [0.29, 0.717) is 11.5 Å². The van der Waals surface area contributed by atoms with Gasteiger partial charge in [-0.2, -0.15) is 5.26 Å². The van der Waals surface area contributed by atoms with Crippen molar-refractivity contribution in [1.82, 2.24) is 24.1 Å². The van der Waals surface area contributed by atoms with Crippen LogP contribution in [0, 0.1) is 11.5 Å². The van der Waals surface area contributed by atoms with Gasteiger partial charge in [-0.05, 0) is 35.9 Å². The predicted octanol–water partition coefficient (Wildman–Crippen LogP) is 4.52. The van der Waals surface area contributed by atoms with E-state index in [1.54, 1.807) is 25.6 Å². The van der Waals surface area contributed by atoms with Gasteiger partial charge in [-0.3, -0.25) is 14.5 Å². The number of hydrogen-bond acceptors (Lipinski definition) is 6. The molecule has 2 aromatic carbocycles. The van der Waals surface area contributed by atoms with Crippen molar-refractivity contribution in [2.24, 2.45) is 12.0 Å². The Morgan fingerprint density at radius 2 is 1.74 bits per heavy atom. The highest BCUT2D eigenvalue weighted by molar-refractivity contribution is 6.04. The lowest BCUT2D eigenvalue weighted by molar-refractivity contribution is 0.398. The van der Waals surface area contributed by atoms with E-state index in [2.05, 4.69) is 44.2 Å². The lowest BCUT2D eigenvalue weighted by Crippen LogP contribution is -2.22. The average molecular weight is 457 g/mol. The van der Waals surface area contributed by atoms with Gasteiger partial charge in [-0.15, -0.1) is 4.99 Å². The van der Waals surface area contributed by atoms with Gasteiger partial charge in [-0.25, -0.2) is 4.98 Å². The summed E-state index contributed by atoms with van der Waals surface area (Å²) in [7, 11) is 3.45. The van der Waals surface area contributed by atoms with E-state index >= 15 is 0 Å². The third kappa shape index (κ3) is 3.30. The number of methoxy groups -OCH3 is 1. The number of rotatable bonds is 3. The topological polar surface area (TPSA) is 93.9 Å². The van der Waals surface area contributed by atoms with Gasteiger partial charge in [0.05, 0.1) is 47.3 Å². The van der Waals surface area contributed by atoms with Crippen LogP contribution in [0.2, 0.25) is 0 Å². The number of aryl methyl sites for hydroxylation is 1. The van der Waals surface area contributed by atoms with Crippen molar-refractivity contribution in [3.63, 3.8) is 0 Å². The van der Waals surface area contributed by atoms with Crippen LogP contribution >= 0.6 is 0 Å². The fraction of sp³-hybridized carbons (Fsp3) is 0.0741. The molecule has 0 aliphatic heterocycles. The molecular formula is C27H19N7O. The normalized spacial score (nSPS) is 11.9. The van der Waals surface area contributed by atoms with Gasteiger partial charge in [0.2, 0.25) is 17.7 Å². The minimum Gasteiger partial charge on any atom is -0.481 e. The highest BCUT2D eigenvalue weighted by atomic mass is 16.5. The molecule has 35 heavy (non-hydrogen) atoms. The third-order valence-corrected chi connectivity index (χ3v) is 6.17. The SMILES string of the molecule is COc1ccc(-n2c(=NC#N)n(C)c3cnc4ccc(-c5cnc6ccccc6c5)cc4c32)cn1. The van der Waals surface area contributed by atoms with E-state index in [1.165, 1.54) is 0 Å². The largest absolute Gasteiger partial charge is 0.481 e. The number of hydrogen-bond donors (Lipinski definition) is 0. The second kappa shape index (κ2) is 8.08. The Hall–Kier alpha value is -5.03. The van der Waals surface area contributed by atoms with Gasteiger partial charge in [0.1, 0.15) is 0 Å². The van der Waals surface area contributed by atoms with E-state index in [9.17, 15) is 5.26 Å². The number of imidazole rings is 1. The summed E-state index contributed by atoms with van der Waals surface area (Å²) in [6.07, 6.45) is 7.33. The summed E-state index contributed by atoms with van der Waals surface area (Å²) < 4.78 is 9.01. The standard InChI is InChI=1S/C27H19N7O/c1-33-24-15-30-23-9-7-17(19-11-18-5-3-4-6-22(18)29-13-19)12-21(23)26(24)34(27(33)32-16-28)20-8-10-25(35-2)31-14-20/h3-15H,1-2H3. The molecule has 0 fully saturated rings. The number of nitrogens with zero attached hydrogens (tertiary/aromatic N) is 7. The Morgan fingerprint density at radius 3 is 2.54 bits per heavy atom. The Balaban J connectivity index is 1.67. The molecule has 0 atom stereocenters. The van der Waals surface area contributed by atoms with Crippen LogP contribution in [-0.2, 0) is 7.05 Å². The molecular weight excluding hydrogens is 438 g/mol. The van der Waals surface area contributed by atoms with Crippen molar-refractivity contribution in [2.45, 2.75) is 0 Å². The zero-order valence-electron chi connectivity index (χ0n) is 19.0. The summed E-state index contributed by atoms with van der Waals surface area (Å²) in [5, 5.41) is 11.4. The summed E-state index contributed by atoms with van der Waals surface area (Å²) >= 11 is 0. The highest BCUT2D eigenvalue weighted by Crippen LogP contribution is 2.30. The van der Waals surface area contributed by atoms with Gasteiger partial charge < -0.3 is 9.30 Å². The first-order valence-electron chi connectivity index (χ1n) is 11.0. The molecule has 0 saturated heterocycles. The summed E-state index contributed by atoms with van der Waals surface area (Å²) in [6.45, 7) is 0. The lowest BCUT2D eigenvalue weighted by atomic mass is 10.0. The zero-order valence-corrected chi connectivity index (χ0v) is 19.0. The van der Waals surface area contributed by atoms with Crippen molar-refractivity contribution in [1.29, 1.82) is 5.26 Å². The van der Waals surface area contributed by atoms with E-state index < -0.39 is 0 Å². The maximum atomic E-state index is 9.41. The van der Waals surface area contributed by atoms with Crippen LogP contribution in [0.4, 0.5) is 0 Å². The van der Waals surface area contributed by atoms with Gasteiger partial charge in [0, 0.05) is 35.6 Å². The van der Waals surface area contributed by atoms with Crippen molar-refractivity contribution in [2.75, 3.05) is 7.11 Å². The van der Waals surface area contributed by atoms with Crippen LogP contribution in [-0.4, -0.2) is 31.2 Å². The number of fused-ring (bicyclic) bond motifs is 4. The lowest BCUT2D eigenvalue weighted by Gasteiger charge is -2.09. The number of benzene rings is 2. The summed E-state index contributed by atoms with van der Waals surface area (Å²) in [6, 6.07) is 20.0. The molecule has 6 rings (SSSR count). The maximum absolute atomic E-state index is 9.41. The third-order valence-electron chi connectivity index (χ3n) is 6.17. The van der Waals surface area contributed by atoms with E-state index in [4.69, 9.17) is 4.74 Å². The highest BCUT2D eigenvalue weighted by Gasteiger charge is 2.16. The predicted molar refractivity (Wildman–Crippen MR) is 134 cm³/mol. The molecule has 0 unspecified atom stereocenters. The number of pyridine rings is 3. The molecule has 0 N–H and O–H groups in total. The molecule has 0 amide bonds. The molecule has 4 aromatic heterocycles. The van der Waals surface area contributed by atoms with Gasteiger partial charge in [-0.1, -0.05) is 24.3 Å². The monoisotopic (exact) mass is 457 g/mol. The quantitative estimate of drug-likeness (QED) is 0.364. The van der Waals surface area contributed by atoms with Crippen molar-refractivity contribution < 1.29 is 4.74 Å². The van der Waals surface area contributed by atoms with E-state index in [1.807, 2.05) is 58.9 Å². The number of nitriles is 1. The number of para-hydroxylation sites is 1. The van der Waals surface area contributed by atoms with Crippen molar-refractivity contribution in [3.05, 3.63) is 84.9 Å². The van der Waals surface area contributed by atoms with Crippen molar-refractivity contribution in [3.8, 4) is 28.9 Å². The first-order chi connectivity index (χ1) is 17.2. The van der Waals surface area contributed by atoms with Crippen LogP contribution in [0.25, 0.3) is 49.7 Å². The molecule has 0 aliphatic carbocycles. The average Bonchev–Trinajstić information content (AvgIpc) is 3.20. The van der Waals surface area contributed by atoms with Crippen molar-refractivity contribution >= 4 is 32.8 Å². The van der Waals surface area contributed by atoms with Gasteiger partial charge >= 0.3 is 0 Å². The van der Waals surface area contributed by atoms with Crippen LogP contribution < -0.4 is 10.4 Å². The summed E-state index contributed by atoms with van der Waals surface area (Å²) in [4.78, 5) is 17.8. The first kappa shape index (κ1) is 20.6. The molecule has 0 saturated carbocycles. The molecule has 4 heterocycles. The first-order valence-corrected chi connectivity index (χ1v) is 11.0. The number of ether oxygens (including phenoxy) is 1. The maximum Gasteiger partial charge on any atom is 0.226 e. The fourth-order valence-corrected chi connectivity index (χ4v) is 4.45. The second-order valence-electron chi connectivity index (χ2n) is 8.11. The minimum absolute atomic E-state index is 0.474. The molecule has 8 nitrogen and oxygen atoms in total. The van der Waals surface area contributed by atoms with Crippen LogP contribution in [0.5, 0.6) is 5.88 Å². The Bertz CT molecular complexity index is 1860. The number of aromatic nitrogens is 5. The molecule has 0 radical (unpaired) electrons. The van der Waals surface area contributed by atoms with E-state index in [0.717, 1.165) is 49.7 Å². The summed E-state index contributed by atoms with van der Waals surface area (Å²) in [5.74, 6) is 0.506. The summed E-state index contributed by atoms with van der Waals surface area (Å²) in [5.41, 5.74) is 6.78. The molecule has 168 valence electrons. The molecule has 0 bridgehead atoms. The Kier molecular flexibility index (Phi) is 4.75. The second-order valence-corrected chi connectivity index (χ2v) is 8.11. The molecule has 0 spiro atoms. The van der Waals surface area contributed by atoms with E-state index in [-0.39, 0.29) is 0 Å². The molecule has 6 aromatic rings. The van der Waals surface area contributed by atoms with Gasteiger partial charge in [0.25, 0.3) is 0 Å². The van der Waals surface area contributed by atoms with Crippen LogP contribution in [0.3, 0.4) is 0 Å². The van der Waals surface area contributed by atoms with Gasteiger partial charge in [0.15, 0.2) is 0 Å². The molecule has 0 aliphatic rings.